The van der Waals surface area contributed by atoms with Gasteiger partial charge in [-0.15, -0.1) is 0 Å². The van der Waals surface area contributed by atoms with Crippen LogP contribution in [0.3, 0.4) is 0 Å². The second-order valence-electron chi connectivity index (χ2n) is 4.95. The molecular weight excluding hydrogens is 196 g/mol. The molecule has 0 saturated heterocycles. The maximum absolute atomic E-state index is 10.4. The van der Waals surface area contributed by atoms with Crippen molar-refractivity contribution in [1.82, 2.24) is 0 Å². The number of aldehydes is 1. The summed E-state index contributed by atoms with van der Waals surface area (Å²) in [6, 6.07) is 8.79. The van der Waals surface area contributed by atoms with E-state index in [0.717, 1.165) is 19.1 Å². The summed E-state index contributed by atoms with van der Waals surface area (Å²) in [6.45, 7) is 6.57. The molecule has 0 radical (unpaired) electrons. The minimum Gasteiger partial charge on any atom is -0.303 e. The maximum atomic E-state index is 10.4. The van der Waals surface area contributed by atoms with Gasteiger partial charge in [0.2, 0.25) is 0 Å². The number of carbonyl (C=O) groups is 1. The molecule has 0 aliphatic carbocycles. The summed E-state index contributed by atoms with van der Waals surface area (Å²) in [5.74, 6) is 1.09. The summed E-state index contributed by atoms with van der Waals surface area (Å²) in [5, 5.41) is 0. The lowest BCUT2D eigenvalue weighted by molar-refractivity contribution is -0.108. The Hall–Kier alpha value is -1.11. The smallest absolute Gasteiger partial charge is 0.120 e. The topological polar surface area (TPSA) is 17.1 Å². The first kappa shape index (κ1) is 13.0. The van der Waals surface area contributed by atoms with E-state index in [2.05, 4.69) is 45.0 Å². The predicted octanol–water partition coefficient (Wildman–Crippen LogP) is 3.97. The molecule has 1 heteroatoms. The second-order valence-corrected chi connectivity index (χ2v) is 4.95. The molecule has 0 spiro atoms. The van der Waals surface area contributed by atoms with E-state index in [1.54, 1.807) is 0 Å². The van der Waals surface area contributed by atoms with Crippen LogP contribution in [0.1, 0.15) is 50.7 Å². The summed E-state index contributed by atoms with van der Waals surface area (Å²) < 4.78 is 0. The molecule has 0 aromatic heterocycles. The Balaban J connectivity index is 2.53. The zero-order chi connectivity index (χ0) is 12.0. The van der Waals surface area contributed by atoms with E-state index in [4.69, 9.17) is 0 Å². The lowest BCUT2D eigenvalue weighted by Crippen LogP contribution is -1.99. The third-order valence-corrected chi connectivity index (χ3v) is 3.04. The van der Waals surface area contributed by atoms with Gasteiger partial charge in [0.15, 0.2) is 0 Å². The highest BCUT2D eigenvalue weighted by molar-refractivity contribution is 5.49. The number of hydrogen-bond acceptors (Lipinski definition) is 1. The molecule has 0 heterocycles. The van der Waals surface area contributed by atoms with Crippen molar-refractivity contribution in [1.29, 1.82) is 0 Å². The van der Waals surface area contributed by atoms with Crippen molar-refractivity contribution in [2.75, 3.05) is 0 Å². The predicted molar refractivity (Wildman–Crippen MR) is 68.7 cm³/mol. The van der Waals surface area contributed by atoms with Gasteiger partial charge in [0, 0.05) is 6.42 Å². The fourth-order valence-electron chi connectivity index (χ4n) is 1.80. The van der Waals surface area contributed by atoms with Crippen molar-refractivity contribution in [3.63, 3.8) is 0 Å². The van der Waals surface area contributed by atoms with Crippen LogP contribution in [0, 0.1) is 5.92 Å². The highest BCUT2D eigenvalue weighted by Crippen LogP contribution is 2.18. The van der Waals surface area contributed by atoms with Gasteiger partial charge >= 0.3 is 0 Å². The molecule has 0 amide bonds. The summed E-state index contributed by atoms with van der Waals surface area (Å²) in [7, 11) is 0. The monoisotopic (exact) mass is 218 g/mol. The fraction of sp³-hybridized carbons (Fsp3) is 0.533. The average Bonchev–Trinajstić information content (AvgIpc) is 2.27. The van der Waals surface area contributed by atoms with Gasteiger partial charge in [-0.3, -0.25) is 0 Å². The molecule has 88 valence electrons. The molecule has 0 N–H and O–H groups in total. The molecule has 0 aliphatic heterocycles. The van der Waals surface area contributed by atoms with E-state index >= 15 is 0 Å². The van der Waals surface area contributed by atoms with E-state index in [9.17, 15) is 4.79 Å². The van der Waals surface area contributed by atoms with Crippen molar-refractivity contribution < 1.29 is 4.79 Å². The Morgan fingerprint density at radius 3 is 2.62 bits per heavy atom. The molecule has 0 fully saturated rings. The van der Waals surface area contributed by atoms with Crippen LogP contribution in [0.15, 0.2) is 24.3 Å². The number of rotatable bonds is 6. The summed E-state index contributed by atoms with van der Waals surface area (Å²) in [5.41, 5.74) is 2.80. The molecule has 1 nitrogen and oxygen atoms in total. The zero-order valence-electron chi connectivity index (χ0n) is 10.6. The van der Waals surface area contributed by atoms with Crippen LogP contribution in [0.4, 0.5) is 0 Å². The van der Waals surface area contributed by atoms with E-state index in [0.29, 0.717) is 18.3 Å². The van der Waals surface area contributed by atoms with E-state index in [-0.39, 0.29) is 0 Å². The standard InChI is InChI=1S/C15H22O/c1-12(2)15-6-4-5-14(11-15)8-7-13(3)9-10-16/h4-6,10-13H,7-9H2,1-3H3. The van der Waals surface area contributed by atoms with Gasteiger partial charge in [-0.05, 0) is 35.8 Å². The van der Waals surface area contributed by atoms with Crippen LogP contribution in [0.5, 0.6) is 0 Å². The van der Waals surface area contributed by atoms with Gasteiger partial charge in [-0.2, -0.15) is 0 Å². The molecule has 1 aromatic carbocycles. The van der Waals surface area contributed by atoms with Gasteiger partial charge in [0.1, 0.15) is 6.29 Å². The van der Waals surface area contributed by atoms with Gasteiger partial charge in [0.25, 0.3) is 0 Å². The minimum atomic E-state index is 0.500. The highest BCUT2D eigenvalue weighted by atomic mass is 16.1. The number of hydrogen-bond donors (Lipinski definition) is 0. The number of benzene rings is 1. The second kappa shape index (κ2) is 6.47. The SMILES string of the molecule is CC(CC=O)CCc1cccc(C(C)C)c1. The Morgan fingerprint density at radius 2 is 2.00 bits per heavy atom. The van der Waals surface area contributed by atoms with Crippen molar-refractivity contribution >= 4 is 6.29 Å². The Bertz CT molecular complexity index is 328. The molecule has 1 unspecified atom stereocenters. The Morgan fingerprint density at radius 1 is 1.25 bits per heavy atom. The van der Waals surface area contributed by atoms with E-state index in [1.807, 2.05) is 0 Å². The maximum Gasteiger partial charge on any atom is 0.120 e. The van der Waals surface area contributed by atoms with Gasteiger partial charge < -0.3 is 4.79 Å². The lowest BCUT2D eigenvalue weighted by Gasteiger charge is -2.10. The quantitative estimate of drug-likeness (QED) is 0.660. The van der Waals surface area contributed by atoms with Gasteiger partial charge in [-0.25, -0.2) is 0 Å². The summed E-state index contributed by atoms with van der Waals surface area (Å²) in [4.78, 5) is 10.4. The number of aryl methyl sites for hydroxylation is 1. The van der Waals surface area contributed by atoms with Crippen LogP contribution in [0.25, 0.3) is 0 Å². The molecule has 0 aliphatic rings. The molecule has 16 heavy (non-hydrogen) atoms. The molecule has 0 saturated carbocycles. The fourth-order valence-corrected chi connectivity index (χ4v) is 1.80. The number of carbonyl (C=O) groups excluding carboxylic acids is 1. The highest BCUT2D eigenvalue weighted by Gasteiger charge is 2.04. The Labute approximate surface area is 98.9 Å². The first-order chi connectivity index (χ1) is 7.63. The van der Waals surface area contributed by atoms with Crippen LogP contribution >= 0.6 is 0 Å². The van der Waals surface area contributed by atoms with Crippen LogP contribution < -0.4 is 0 Å². The van der Waals surface area contributed by atoms with Gasteiger partial charge in [-0.1, -0.05) is 45.0 Å². The third-order valence-electron chi connectivity index (χ3n) is 3.04. The largest absolute Gasteiger partial charge is 0.303 e. The zero-order valence-corrected chi connectivity index (χ0v) is 10.6. The van der Waals surface area contributed by atoms with Crippen LogP contribution in [-0.2, 0) is 11.2 Å². The summed E-state index contributed by atoms with van der Waals surface area (Å²) >= 11 is 0. The van der Waals surface area contributed by atoms with Crippen molar-refractivity contribution in [3.05, 3.63) is 35.4 Å². The third kappa shape index (κ3) is 4.18. The first-order valence-electron chi connectivity index (χ1n) is 6.16. The molecular formula is C15H22O. The molecule has 1 rings (SSSR count). The van der Waals surface area contributed by atoms with Crippen molar-refractivity contribution in [2.45, 2.75) is 46.0 Å². The molecule has 1 aromatic rings. The van der Waals surface area contributed by atoms with Crippen LogP contribution in [-0.4, -0.2) is 6.29 Å². The first-order valence-corrected chi connectivity index (χ1v) is 6.16. The Kier molecular flexibility index (Phi) is 5.24. The lowest BCUT2D eigenvalue weighted by atomic mass is 9.95. The molecule has 1 atom stereocenters. The van der Waals surface area contributed by atoms with E-state index in [1.165, 1.54) is 11.1 Å². The molecule has 0 bridgehead atoms. The van der Waals surface area contributed by atoms with Crippen LogP contribution in [0.2, 0.25) is 0 Å². The van der Waals surface area contributed by atoms with Gasteiger partial charge in [0.05, 0.1) is 0 Å². The van der Waals surface area contributed by atoms with Crippen molar-refractivity contribution in [3.8, 4) is 0 Å². The van der Waals surface area contributed by atoms with E-state index < -0.39 is 0 Å². The normalized spacial score (nSPS) is 12.8. The minimum absolute atomic E-state index is 0.500. The van der Waals surface area contributed by atoms with Crippen molar-refractivity contribution in [2.24, 2.45) is 5.92 Å². The average molecular weight is 218 g/mol. The summed E-state index contributed by atoms with van der Waals surface area (Å²) in [6.07, 6.45) is 3.88.